The monoisotopic (exact) mass is 285 g/mol. The summed E-state index contributed by atoms with van der Waals surface area (Å²) in [5, 5.41) is 7.59. The van der Waals surface area contributed by atoms with Gasteiger partial charge in [0.05, 0.1) is 12.8 Å². The third kappa shape index (κ3) is 3.10. The summed E-state index contributed by atoms with van der Waals surface area (Å²) in [6.07, 6.45) is 2.58. The van der Waals surface area contributed by atoms with Crippen LogP contribution in [-0.4, -0.2) is 29.3 Å². The largest absolute Gasteiger partial charge is 0.496 e. The van der Waals surface area contributed by atoms with Crippen LogP contribution in [0.4, 0.5) is 0 Å². The van der Waals surface area contributed by atoms with Crippen LogP contribution in [0, 0.1) is 0 Å². The van der Waals surface area contributed by atoms with Crippen molar-refractivity contribution in [2.45, 2.75) is 38.3 Å². The normalized spacial score (nSPS) is 16.2. The highest BCUT2D eigenvalue weighted by Crippen LogP contribution is 2.39. The van der Waals surface area contributed by atoms with Crippen LogP contribution in [0.3, 0.4) is 0 Å². The van der Waals surface area contributed by atoms with Crippen molar-refractivity contribution in [3.63, 3.8) is 0 Å². The zero-order chi connectivity index (χ0) is 14.8. The summed E-state index contributed by atoms with van der Waals surface area (Å²) >= 11 is 0. The van der Waals surface area contributed by atoms with Crippen LogP contribution in [0.25, 0.3) is 0 Å². The lowest BCUT2D eigenvalue weighted by molar-refractivity contribution is 0.244. The molecule has 1 saturated carbocycles. The van der Waals surface area contributed by atoms with Gasteiger partial charge in [-0.25, -0.2) is 0 Å². The van der Waals surface area contributed by atoms with Crippen LogP contribution in [0.5, 0.6) is 5.75 Å². The van der Waals surface area contributed by atoms with Gasteiger partial charge in [0.1, 0.15) is 5.75 Å². The Morgan fingerprint density at radius 1 is 1.38 bits per heavy atom. The summed E-state index contributed by atoms with van der Waals surface area (Å²) in [6, 6.07) is 10.7. The highest BCUT2D eigenvalue weighted by molar-refractivity contribution is 5.35. The number of aromatic nitrogens is 2. The first-order valence-electron chi connectivity index (χ1n) is 7.56. The average Bonchev–Trinajstić information content (AvgIpc) is 3.26. The average molecular weight is 285 g/mol. The van der Waals surface area contributed by atoms with Gasteiger partial charge in [0.2, 0.25) is 0 Å². The van der Waals surface area contributed by atoms with Crippen LogP contribution < -0.4 is 4.74 Å². The molecule has 0 spiro atoms. The molecule has 112 valence electrons. The van der Waals surface area contributed by atoms with E-state index in [1.165, 1.54) is 29.8 Å². The van der Waals surface area contributed by atoms with E-state index < -0.39 is 0 Å². The molecule has 1 N–H and O–H groups in total. The van der Waals surface area contributed by atoms with Crippen molar-refractivity contribution in [1.82, 2.24) is 15.1 Å². The van der Waals surface area contributed by atoms with Crippen molar-refractivity contribution < 1.29 is 4.74 Å². The SMILES string of the molecule is COc1ccccc1[C@H](C)N(C)Cc1cc(C2CC2)n[nH]1. The van der Waals surface area contributed by atoms with Crippen molar-refractivity contribution in [3.8, 4) is 5.75 Å². The Kier molecular flexibility index (Phi) is 3.97. The van der Waals surface area contributed by atoms with E-state index in [0.29, 0.717) is 5.92 Å². The van der Waals surface area contributed by atoms with E-state index in [2.05, 4.69) is 47.3 Å². The van der Waals surface area contributed by atoms with Gasteiger partial charge in [0, 0.05) is 29.8 Å². The Morgan fingerprint density at radius 3 is 2.86 bits per heavy atom. The van der Waals surface area contributed by atoms with Crippen molar-refractivity contribution in [3.05, 3.63) is 47.3 Å². The number of H-pyrrole nitrogens is 1. The lowest BCUT2D eigenvalue weighted by atomic mass is 10.1. The number of methoxy groups -OCH3 is 1. The van der Waals surface area contributed by atoms with Crippen LogP contribution in [0.2, 0.25) is 0 Å². The third-order valence-corrected chi connectivity index (χ3v) is 4.32. The molecule has 1 aromatic heterocycles. The highest BCUT2D eigenvalue weighted by Gasteiger charge is 2.26. The number of hydrogen-bond donors (Lipinski definition) is 1. The number of para-hydroxylation sites is 1. The molecule has 1 fully saturated rings. The fraction of sp³-hybridized carbons (Fsp3) is 0.471. The fourth-order valence-corrected chi connectivity index (χ4v) is 2.70. The molecule has 1 aromatic carbocycles. The second-order valence-corrected chi connectivity index (χ2v) is 5.93. The third-order valence-electron chi connectivity index (χ3n) is 4.32. The van der Waals surface area contributed by atoms with Gasteiger partial charge in [0.25, 0.3) is 0 Å². The summed E-state index contributed by atoms with van der Waals surface area (Å²) in [5.74, 6) is 1.65. The second kappa shape index (κ2) is 5.90. The predicted molar refractivity (Wildman–Crippen MR) is 83.4 cm³/mol. The molecule has 1 aliphatic rings. The molecule has 2 aromatic rings. The van der Waals surface area contributed by atoms with E-state index in [1.54, 1.807) is 7.11 Å². The van der Waals surface area contributed by atoms with Gasteiger partial charge in [-0.3, -0.25) is 10.00 Å². The number of ether oxygens (including phenoxy) is 1. The van der Waals surface area contributed by atoms with Gasteiger partial charge in [-0.15, -0.1) is 0 Å². The van der Waals surface area contributed by atoms with E-state index in [-0.39, 0.29) is 6.04 Å². The first-order valence-corrected chi connectivity index (χ1v) is 7.56. The number of aromatic amines is 1. The molecule has 0 saturated heterocycles. The van der Waals surface area contributed by atoms with Crippen LogP contribution in [0.15, 0.2) is 30.3 Å². The van der Waals surface area contributed by atoms with Gasteiger partial charge in [0.15, 0.2) is 0 Å². The van der Waals surface area contributed by atoms with E-state index >= 15 is 0 Å². The summed E-state index contributed by atoms with van der Waals surface area (Å²) in [7, 11) is 3.86. The molecule has 0 aliphatic heterocycles. The van der Waals surface area contributed by atoms with Crippen LogP contribution in [0.1, 0.15) is 48.7 Å². The summed E-state index contributed by atoms with van der Waals surface area (Å²) in [5.41, 5.74) is 3.62. The van der Waals surface area contributed by atoms with Crippen LogP contribution >= 0.6 is 0 Å². The van der Waals surface area contributed by atoms with E-state index in [1.807, 2.05) is 12.1 Å². The summed E-state index contributed by atoms with van der Waals surface area (Å²) < 4.78 is 5.46. The highest BCUT2D eigenvalue weighted by atomic mass is 16.5. The molecule has 1 aliphatic carbocycles. The maximum absolute atomic E-state index is 5.46. The first kappa shape index (κ1) is 14.1. The maximum Gasteiger partial charge on any atom is 0.123 e. The van der Waals surface area contributed by atoms with Gasteiger partial charge in [-0.1, -0.05) is 18.2 Å². The Morgan fingerprint density at radius 2 is 2.14 bits per heavy atom. The standard InChI is InChI=1S/C17H23N3O/c1-12(15-6-4-5-7-17(15)21-3)20(2)11-14-10-16(19-18-14)13-8-9-13/h4-7,10,12-13H,8-9,11H2,1-3H3,(H,18,19)/t12-/m0/s1. The van der Waals surface area contributed by atoms with Crippen molar-refractivity contribution in [2.24, 2.45) is 0 Å². The van der Waals surface area contributed by atoms with Gasteiger partial charge in [-0.05, 0) is 38.9 Å². The molecule has 4 nitrogen and oxygen atoms in total. The number of benzene rings is 1. The second-order valence-electron chi connectivity index (χ2n) is 5.93. The molecular weight excluding hydrogens is 262 g/mol. The van der Waals surface area contributed by atoms with Crippen molar-refractivity contribution in [2.75, 3.05) is 14.2 Å². The Hall–Kier alpha value is -1.81. The zero-order valence-electron chi connectivity index (χ0n) is 13.0. The molecule has 0 amide bonds. The maximum atomic E-state index is 5.46. The first-order chi connectivity index (χ1) is 10.2. The lowest BCUT2D eigenvalue weighted by Crippen LogP contribution is -2.22. The quantitative estimate of drug-likeness (QED) is 0.883. The smallest absolute Gasteiger partial charge is 0.123 e. The molecule has 21 heavy (non-hydrogen) atoms. The minimum Gasteiger partial charge on any atom is -0.496 e. The van der Waals surface area contributed by atoms with E-state index in [0.717, 1.165) is 12.3 Å². The van der Waals surface area contributed by atoms with Gasteiger partial charge >= 0.3 is 0 Å². The summed E-state index contributed by atoms with van der Waals surface area (Å²) in [4.78, 5) is 2.31. The topological polar surface area (TPSA) is 41.1 Å². The molecule has 0 radical (unpaired) electrons. The molecule has 0 bridgehead atoms. The fourth-order valence-electron chi connectivity index (χ4n) is 2.70. The van der Waals surface area contributed by atoms with Crippen molar-refractivity contribution in [1.29, 1.82) is 0 Å². The molecule has 1 heterocycles. The molecule has 1 atom stereocenters. The Bertz CT molecular complexity index is 604. The number of nitrogens with one attached hydrogen (secondary N) is 1. The van der Waals surface area contributed by atoms with Gasteiger partial charge in [-0.2, -0.15) is 5.10 Å². The van der Waals surface area contributed by atoms with E-state index in [4.69, 9.17) is 4.74 Å². The molecule has 0 unspecified atom stereocenters. The minimum absolute atomic E-state index is 0.286. The number of rotatable bonds is 6. The van der Waals surface area contributed by atoms with Gasteiger partial charge < -0.3 is 4.74 Å². The van der Waals surface area contributed by atoms with Crippen molar-refractivity contribution >= 4 is 0 Å². The zero-order valence-corrected chi connectivity index (χ0v) is 13.0. The van der Waals surface area contributed by atoms with Crippen LogP contribution in [-0.2, 0) is 6.54 Å². The predicted octanol–water partition coefficient (Wildman–Crippen LogP) is 3.49. The molecular formula is C17H23N3O. The minimum atomic E-state index is 0.286. The Balaban J connectivity index is 1.69. The number of hydrogen-bond acceptors (Lipinski definition) is 3. The van der Waals surface area contributed by atoms with E-state index in [9.17, 15) is 0 Å². The molecule has 3 rings (SSSR count). The lowest BCUT2D eigenvalue weighted by Gasteiger charge is -2.25. The summed E-state index contributed by atoms with van der Waals surface area (Å²) in [6.45, 7) is 3.06. The molecule has 4 heteroatoms. The number of nitrogens with zero attached hydrogens (tertiary/aromatic N) is 2. The Labute approximate surface area is 126 Å².